The molecule has 0 aromatic heterocycles. The van der Waals surface area contributed by atoms with Crippen molar-refractivity contribution in [2.75, 3.05) is 12.3 Å². The van der Waals surface area contributed by atoms with Crippen molar-refractivity contribution in [3.05, 3.63) is 41.2 Å². The molecule has 1 amide bonds. The fourth-order valence-electron chi connectivity index (χ4n) is 2.24. The Morgan fingerprint density at radius 1 is 1.37 bits per heavy atom. The minimum Gasteiger partial charge on any atom is -0.396 e. The van der Waals surface area contributed by atoms with E-state index in [0.29, 0.717) is 12.1 Å². The van der Waals surface area contributed by atoms with E-state index in [0.717, 1.165) is 19.3 Å². The second-order valence-corrected chi connectivity index (χ2v) is 4.85. The smallest absolute Gasteiger partial charge is 0.251 e. The number of nitrogens with one attached hydrogen (secondary N) is 1. The molecule has 3 nitrogen and oxygen atoms in total. The molecular weight excluding hydrogens is 243 g/mol. The summed E-state index contributed by atoms with van der Waals surface area (Å²) in [6.07, 6.45) is 7.92. The maximum absolute atomic E-state index is 13.2. The number of halogens is 1. The summed E-state index contributed by atoms with van der Waals surface area (Å²) in [5.74, 6) is -0.807. The van der Waals surface area contributed by atoms with Crippen LogP contribution in [0, 0.1) is 5.82 Å². The van der Waals surface area contributed by atoms with Crippen molar-refractivity contribution in [2.24, 2.45) is 0 Å². The number of anilines is 1. The van der Waals surface area contributed by atoms with Gasteiger partial charge in [0.2, 0.25) is 0 Å². The molecule has 1 aliphatic carbocycles. The lowest BCUT2D eigenvalue weighted by Gasteiger charge is -2.13. The average molecular weight is 262 g/mol. The summed E-state index contributed by atoms with van der Waals surface area (Å²) in [6, 6.07) is 4.12. The molecule has 1 aromatic rings. The van der Waals surface area contributed by atoms with Crippen molar-refractivity contribution in [3.8, 4) is 0 Å². The van der Waals surface area contributed by atoms with Gasteiger partial charge in [-0.1, -0.05) is 11.6 Å². The summed E-state index contributed by atoms with van der Waals surface area (Å²) >= 11 is 0. The summed E-state index contributed by atoms with van der Waals surface area (Å²) in [5.41, 5.74) is 7.15. The van der Waals surface area contributed by atoms with Crippen LogP contribution in [0.5, 0.6) is 0 Å². The fourth-order valence-corrected chi connectivity index (χ4v) is 2.24. The maximum atomic E-state index is 13.2. The monoisotopic (exact) mass is 262 g/mol. The van der Waals surface area contributed by atoms with Gasteiger partial charge in [0.05, 0.1) is 5.69 Å². The van der Waals surface area contributed by atoms with Crippen molar-refractivity contribution in [1.29, 1.82) is 0 Å². The number of carbonyl (C=O) groups is 1. The highest BCUT2D eigenvalue weighted by Crippen LogP contribution is 2.19. The Balaban J connectivity index is 1.83. The molecule has 4 heteroatoms. The molecule has 0 atom stereocenters. The van der Waals surface area contributed by atoms with E-state index in [-0.39, 0.29) is 11.6 Å². The third kappa shape index (κ3) is 3.81. The summed E-state index contributed by atoms with van der Waals surface area (Å²) < 4.78 is 13.2. The molecule has 3 N–H and O–H groups in total. The first-order chi connectivity index (χ1) is 9.16. The summed E-state index contributed by atoms with van der Waals surface area (Å²) in [4.78, 5) is 11.8. The first-order valence-electron chi connectivity index (χ1n) is 6.68. The lowest BCUT2D eigenvalue weighted by molar-refractivity contribution is 0.0953. The first-order valence-corrected chi connectivity index (χ1v) is 6.68. The van der Waals surface area contributed by atoms with Crippen molar-refractivity contribution >= 4 is 11.6 Å². The number of hydrogen-bond acceptors (Lipinski definition) is 2. The van der Waals surface area contributed by atoms with Crippen molar-refractivity contribution in [3.63, 3.8) is 0 Å². The molecule has 2 rings (SSSR count). The Labute approximate surface area is 112 Å². The van der Waals surface area contributed by atoms with Gasteiger partial charge in [-0.2, -0.15) is 0 Å². The number of carbonyl (C=O) groups excluding carboxylic acids is 1. The predicted octanol–water partition coefficient (Wildman–Crippen LogP) is 3.03. The average Bonchev–Trinajstić information content (AvgIpc) is 2.43. The molecule has 19 heavy (non-hydrogen) atoms. The van der Waals surface area contributed by atoms with Crippen LogP contribution < -0.4 is 11.1 Å². The fraction of sp³-hybridized carbons (Fsp3) is 0.400. The zero-order chi connectivity index (χ0) is 13.7. The second-order valence-electron chi connectivity index (χ2n) is 4.85. The highest BCUT2D eigenvalue weighted by atomic mass is 19.1. The Morgan fingerprint density at radius 3 is 2.89 bits per heavy atom. The maximum Gasteiger partial charge on any atom is 0.251 e. The van der Waals surface area contributed by atoms with Crippen LogP contribution in [0.4, 0.5) is 10.1 Å². The van der Waals surface area contributed by atoms with Gasteiger partial charge in [0.1, 0.15) is 5.82 Å². The molecule has 0 saturated heterocycles. The quantitative estimate of drug-likeness (QED) is 0.647. The normalized spacial score (nSPS) is 14.9. The number of nitrogen functional groups attached to an aromatic ring is 1. The van der Waals surface area contributed by atoms with Crippen LogP contribution in [0.1, 0.15) is 42.5 Å². The van der Waals surface area contributed by atoms with E-state index < -0.39 is 5.82 Å². The molecule has 102 valence electrons. The molecule has 0 unspecified atom stereocenters. The van der Waals surface area contributed by atoms with Gasteiger partial charge in [0.15, 0.2) is 0 Å². The lowest BCUT2D eigenvalue weighted by atomic mass is 9.97. The number of rotatable bonds is 4. The molecule has 0 fully saturated rings. The number of benzene rings is 1. The predicted molar refractivity (Wildman–Crippen MR) is 74.3 cm³/mol. The number of amides is 1. The van der Waals surface area contributed by atoms with E-state index in [4.69, 9.17) is 5.73 Å². The van der Waals surface area contributed by atoms with Crippen molar-refractivity contribution in [1.82, 2.24) is 5.32 Å². The van der Waals surface area contributed by atoms with E-state index in [9.17, 15) is 9.18 Å². The molecule has 0 heterocycles. The van der Waals surface area contributed by atoms with Gasteiger partial charge in [-0.3, -0.25) is 4.79 Å². The third-order valence-electron chi connectivity index (χ3n) is 3.38. The SMILES string of the molecule is Nc1ccc(C(=O)NCCC2=CCCCC2)cc1F. The van der Waals surface area contributed by atoms with Gasteiger partial charge in [-0.05, 0) is 50.3 Å². The van der Waals surface area contributed by atoms with Crippen molar-refractivity contribution in [2.45, 2.75) is 32.1 Å². The highest BCUT2D eigenvalue weighted by Gasteiger charge is 2.09. The summed E-state index contributed by atoms with van der Waals surface area (Å²) in [6.45, 7) is 0.594. The van der Waals surface area contributed by atoms with Crippen LogP contribution in [0.3, 0.4) is 0 Å². The first kappa shape index (κ1) is 13.6. The van der Waals surface area contributed by atoms with E-state index in [1.807, 2.05) is 0 Å². The van der Waals surface area contributed by atoms with Crippen LogP contribution in [0.25, 0.3) is 0 Å². The second kappa shape index (κ2) is 6.36. The molecular formula is C15H19FN2O. The minimum absolute atomic E-state index is 0.0592. The van der Waals surface area contributed by atoms with Gasteiger partial charge in [0.25, 0.3) is 5.91 Å². The van der Waals surface area contributed by atoms with Crippen LogP contribution >= 0.6 is 0 Å². The summed E-state index contributed by atoms with van der Waals surface area (Å²) in [5, 5.41) is 2.81. The van der Waals surface area contributed by atoms with Crippen LogP contribution in [-0.2, 0) is 0 Å². The van der Waals surface area contributed by atoms with Crippen molar-refractivity contribution < 1.29 is 9.18 Å². The molecule has 1 aliphatic rings. The molecule has 0 saturated carbocycles. The number of allylic oxidation sites excluding steroid dienone is 1. The van der Waals surface area contributed by atoms with E-state index in [1.165, 1.54) is 36.6 Å². The Bertz CT molecular complexity index is 497. The largest absolute Gasteiger partial charge is 0.396 e. The standard InChI is InChI=1S/C15H19FN2O/c16-13-10-12(6-7-14(13)17)15(19)18-9-8-11-4-2-1-3-5-11/h4,6-7,10H,1-3,5,8-9,17H2,(H,18,19). The Kier molecular flexibility index (Phi) is 4.55. The number of nitrogens with two attached hydrogens (primary N) is 1. The Hall–Kier alpha value is -1.84. The van der Waals surface area contributed by atoms with Gasteiger partial charge < -0.3 is 11.1 Å². The minimum atomic E-state index is -0.553. The van der Waals surface area contributed by atoms with E-state index in [2.05, 4.69) is 11.4 Å². The Morgan fingerprint density at radius 2 is 2.21 bits per heavy atom. The highest BCUT2D eigenvalue weighted by molar-refractivity contribution is 5.94. The molecule has 0 bridgehead atoms. The topological polar surface area (TPSA) is 55.1 Å². The summed E-state index contributed by atoms with van der Waals surface area (Å²) in [7, 11) is 0. The molecule has 0 aliphatic heterocycles. The third-order valence-corrected chi connectivity index (χ3v) is 3.38. The van der Waals surface area contributed by atoms with Gasteiger partial charge >= 0.3 is 0 Å². The lowest BCUT2D eigenvalue weighted by Crippen LogP contribution is -2.25. The van der Waals surface area contributed by atoms with Gasteiger partial charge in [-0.15, -0.1) is 0 Å². The molecule has 0 spiro atoms. The van der Waals surface area contributed by atoms with E-state index >= 15 is 0 Å². The van der Waals surface area contributed by atoms with E-state index in [1.54, 1.807) is 0 Å². The molecule has 1 aromatic carbocycles. The zero-order valence-corrected chi connectivity index (χ0v) is 10.9. The zero-order valence-electron chi connectivity index (χ0n) is 10.9. The van der Waals surface area contributed by atoms with Crippen LogP contribution in [0.15, 0.2) is 29.8 Å². The molecule has 0 radical (unpaired) electrons. The van der Waals surface area contributed by atoms with Crippen LogP contribution in [-0.4, -0.2) is 12.5 Å². The van der Waals surface area contributed by atoms with Gasteiger partial charge in [-0.25, -0.2) is 4.39 Å². The van der Waals surface area contributed by atoms with Gasteiger partial charge in [0, 0.05) is 12.1 Å². The number of hydrogen-bond donors (Lipinski definition) is 2. The van der Waals surface area contributed by atoms with Crippen LogP contribution in [0.2, 0.25) is 0 Å².